The minimum atomic E-state index is 0.281. The minimum absolute atomic E-state index is 0.281. The molecule has 1 aromatic carbocycles. The van der Waals surface area contributed by atoms with Gasteiger partial charge in [0.25, 0.3) is 0 Å². The highest BCUT2D eigenvalue weighted by Crippen LogP contribution is 2.57. The Morgan fingerprint density at radius 3 is 2.75 bits per heavy atom. The van der Waals surface area contributed by atoms with Crippen LogP contribution in [0.4, 0.5) is 5.69 Å². The molecule has 1 saturated carbocycles. The molecule has 4 nitrogen and oxygen atoms in total. The molecule has 2 fully saturated rings. The third-order valence-corrected chi connectivity index (χ3v) is 4.73. The summed E-state index contributed by atoms with van der Waals surface area (Å²) in [6.07, 6.45) is 0. The van der Waals surface area contributed by atoms with Crippen LogP contribution in [0, 0.1) is 11.8 Å². The van der Waals surface area contributed by atoms with Crippen molar-refractivity contribution in [3.05, 3.63) is 41.0 Å². The second-order valence-corrected chi connectivity index (χ2v) is 6.12. The Balaban J connectivity index is 1.46. The standard InChI is InChI=1S/C14H13Cl2N3O/c15-5-12-17-14(18-20-12)13-10-6-19(7-11(10)13)9-3-1-2-8(16)4-9/h1-4,10-11,13H,5-7H2. The first-order valence-corrected chi connectivity index (χ1v) is 7.56. The number of alkyl halides is 1. The monoisotopic (exact) mass is 309 g/mol. The van der Waals surface area contributed by atoms with Crippen LogP contribution in [0.5, 0.6) is 0 Å². The average Bonchev–Trinajstić information content (AvgIpc) is 2.87. The van der Waals surface area contributed by atoms with Crippen molar-refractivity contribution in [2.45, 2.75) is 11.8 Å². The molecule has 0 N–H and O–H groups in total. The van der Waals surface area contributed by atoms with Gasteiger partial charge in [0.05, 0.1) is 0 Å². The summed E-state index contributed by atoms with van der Waals surface area (Å²) in [5, 5.41) is 4.82. The lowest BCUT2D eigenvalue weighted by molar-refractivity contribution is 0.383. The molecule has 0 spiro atoms. The van der Waals surface area contributed by atoms with Crippen LogP contribution in [0.15, 0.2) is 28.8 Å². The van der Waals surface area contributed by atoms with E-state index in [1.807, 2.05) is 18.2 Å². The minimum Gasteiger partial charge on any atom is -0.371 e. The number of benzene rings is 1. The van der Waals surface area contributed by atoms with Gasteiger partial charge in [-0.15, -0.1) is 11.6 Å². The number of hydrogen-bond acceptors (Lipinski definition) is 4. The summed E-state index contributed by atoms with van der Waals surface area (Å²) < 4.78 is 5.08. The van der Waals surface area contributed by atoms with Gasteiger partial charge in [-0.25, -0.2) is 0 Å². The fraction of sp³-hybridized carbons (Fsp3) is 0.429. The van der Waals surface area contributed by atoms with Crippen molar-refractivity contribution in [1.29, 1.82) is 0 Å². The third-order valence-electron chi connectivity index (χ3n) is 4.26. The highest BCUT2D eigenvalue weighted by molar-refractivity contribution is 6.30. The summed E-state index contributed by atoms with van der Waals surface area (Å²) in [5.41, 5.74) is 1.19. The van der Waals surface area contributed by atoms with Crippen LogP contribution >= 0.6 is 23.2 Å². The Morgan fingerprint density at radius 1 is 1.30 bits per heavy atom. The highest BCUT2D eigenvalue weighted by Gasteiger charge is 2.58. The van der Waals surface area contributed by atoms with Gasteiger partial charge in [-0.1, -0.05) is 22.8 Å². The van der Waals surface area contributed by atoms with Gasteiger partial charge < -0.3 is 9.42 Å². The molecule has 2 atom stereocenters. The van der Waals surface area contributed by atoms with Crippen molar-refractivity contribution in [2.75, 3.05) is 18.0 Å². The summed E-state index contributed by atoms with van der Waals surface area (Å²) >= 11 is 11.7. The molecule has 1 aromatic heterocycles. The van der Waals surface area contributed by atoms with Gasteiger partial charge in [0.1, 0.15) is 5.88 Å². The van der Waals surface area contributed by atoms with Gasteiger partial charge in [0.2, 0.25) is 5.89 Å². The lowest BCUT2D eigenvalue weighted by Crippen LogP contribution is -2.23. The summed E-state index contributed by atoms with van der Waals surface area (Å²) in [4.78, 5) is 6.71. The highest BCUT2D eigenvalue weighted by atomic mass is 35.5. The second-order valence-electron chi connectivity index (χ2n) is 5.42. The first kappa shape index (κ1) is 12.5. The Kier molecular flexibility index (Phi) is 2.89. The number of piperidine rings is 1. The molecule has 1 aliphatic heterocycles. The van der Waals surface area contributed by atoms with E-state index in [1.165, 1.54) is 5.69 Å². The quantitative estimate of drug-likeness (QED) is 0.816. The summed E-state index contributed by atoms with van der Waals surface area (Å²) in [7, 11) is 0. The number of anilines is 1. The van der Waals surface area contributed by atoms with Gasteiger partial charge in [0, 0.05) is 29.7 Å². The van der Waals surface area contributed by atoms with E-state index in [4.69, 9.17) is 27.7 Å². The lowest BCUT2D eigenvalue weighted by atomic mass is 10.2. The fourth-order valence-electron chi connectivity index (χ4n) is 3.25. The molecule has 0 radical (unpaired) electrons. The van der Waals surface area contributed by atoms with E-state index in [-0.39, 0.29) is 5.88 Å². The molecule has 2 aliphatic rings. The van der Waals surface area contributed by atoms with E-state index in [2.05, 4.69) is 21.1 Å². The van der Waals surface area contributed by atoms with Crippen molar-refractivity contribution in [3.8, 4) is 0 Å². The van der Waals surface area contributed by atoms with Gasteiger partial charge >= 0.3 is 0 Å². The zero-order chi connectivity index (χ0) is 13.7. The van der Waals surface area contributed by atoms with Crippen molar-refractivity contribution in [1.82, 2.24) is 10.1 Å². The molecule has 0 bridgehead atoms. The summed E-state index contributed by atoms with van der Waals surface area (Å²) in [6.45, 7) is 2.06. The van der Waals surface area contributed by atoms with E-state index in [1.54, 1.807) is 0 Å². The number of nitrogens with zero attached hydrogens (tertiary/aromatic N) is 3. The maximum atomic E-state index is 6.04. The van der Waals surface area contributed by atoms with Gasteiger partial charge in [-0.2, -0.15) is 4.98 Å². The van der Waals surface area contributed by atoms with Crippen LogP contribution in [0.2, 0.25) is 5.02 Å². The molecular weight excluding hydrogens is 297 g/mol. The Hall–Kier alpha value is -1.26. The predicted molar refractivity (Wildman–Crippen MR) is 77.2 cm³/mol. The molecule has 20 heavy (non-hydrogen) atoms. The summed E-state index contributed by atoms with van der Waals surface area (Å²) in [6, 6.07) is 8.01. The topological polar surface area (TPSA) is 42.2 Å². The van der Waals surface area contributed by atoms with E-state index >= 15 is 0 Å². The fourth-order valence-corrected chi connectivity index (χ4v) is 3.54. The van der Waals surface area contributed by atoms with Crippen LogP contribution < -0.4 is 4.90 Å². The smallest absolute Gasteiger partial charge is 0.241 e. The molecule has 4 rings (SSSR count). The average molecular weight is 310 g/mol. The van der Waals surface area contributed by atoms with Crippen molar-refractivity contribution in [3.63, 3.8) is 0 Å². The molecule has 2 heterocycles. The number of rotatable bonds is 3. The predicted octanol–water partition coefficient (Wildman–Crippen LogP) is 3.31. The normalized spacial score (nSPS) is 27.7. The number of fused-ring (bicyclic) bond motifs is 1. The van der Waals surface area contributed by atoms with Gasteiger partial charge in [-0.05, 0) is 30.0 Å². The molecular formula is C14H13Cl2N3O. The zero-order valence-corrected chi connectivity index (χ0v) is 12.2. The summed E-state index contributed by atoms with van der Waals surface area (Å²) in [5.74, 6) is 3.29. The number of aromatic nitrogens is 2. The first-order chi connectivity index (χ1) is 9.76. The van der Waals surface area contributed by atoms with Gasteiger partial charge in [0.15, 0.2) is 5.82 Å². The van der Waals surface area contributed by atoms with Crippen molar-refractivity contribution >= 4 is 28.9 Å². The molecule has 1 aliphatic carbocycles. The van der Waals surface area contributed by atoms with Crippen LogP contribution in [0.3, 0.4) is 0 Å². The molecule has 2 unspecified atom stereocenters. The molecule has 104 valence electrons. The van der Waals surface area contributed by atoms with Crippen LogP contribution in [0.1, 0.15) is 17.6 Å². The third kappa shape index (κ3) is 1.98. The second kappa shape index (κ2) is 4.64. The maximum absolute atomic E-state index is 6.04. The molecule has 0 amide bonds. The maximum Gasteiger partial charge on any atom is 0.241 e. The van der Waals surface area contributed by atoms with E-state index in [0.29, 0.717) is 23.6 Å². The van der Waals surface area contributed by atoms with Gasteiger partial charge in [-0.3, -0.25) is 0 Å². The van der Waals surface area contributed by atoms with E-state index in [9.17, 15) is 0 Å². The SMILES string of the molecule is ClCc1nc(C2C3CN(c4cccc(Cl)c4)CC32)no1. The van der Waals surface area contributed by atoms with E-state index < -0.39 is 0 Å². The van der Waals surface area contributed by atoms with Crippen molar-refractivity contribution < 1.29 is 4.52 Å². The zero-order valence-electron chi connectivity index (χ0n) is 10.7. The molecule has 2 aromatic rings. The lowest BCUT2D eigenvalue weighted by Gasteiger charge is -2.21. The Bertz CT molecular complexity index is 633. The first-order valence-electron chi connectivity index (χ1n) is 6.65. The van der Waals surface area contributed by atoms with Crippen LogP contribution in [0.25, 0.3) is 0 Å². The Morgan fingerprint density at radius 2 is 2.10 bits per heavy atom. The largest absolute Gasteiger partial charge is 0.371 e. The number of hydrogen-bond donors (Lipinski definition) is 0. The van der Waals surface area contributed by atoms with E-state index in [0.717, 1.165) is 23.9 Å². The van der Waals surface area contributed by atoms with Crippen LogP contribution in [-0.2, 0) is 5.88 Å². The molecule has 1 saturated heterocycles. The molecule has 6 heteroatoms. The van der Waals surface area contributed by atoms with Crippen molar-refractivity contribution in [2.24, 2.45) is 11.8 Å². The number of halogens is 2. The van der Waals surface area contributed by atoms with Crippen LogP contribution in [-0.4, -0.2) is 23.2 Å². The Labute approximate surface area is 126 Å².